The first kappa shape index (κ1) is 50.6. The third-order valence-electron chi connectivity index (χ3n) is 12.7. The number of anilines is 1. The number of nitrogens with one attached hydrogen (secondary N) is 2. The van der Waals surface area contributed by atoms with Gasteiger partial charge in [0.25, 0.3) is 14.1 Å². The lowest BCUT2D eigenvalue weighted by molar-refractivity contribution is -0.232. The molecule has 3 aromatic carbocycles. The normalized spacial score (nSPS) is 18.9. The Kier molecular flexibility index (Phi) is 17.1. The number of rotatable bonds is 21. The third-order valence-corrected chi connectivity index (χ3v) is 14.7. The quantitative estimate of drug-likeness (QED) is 0.0405. The van der Waals surface area contributed by atoms with Crippen LogP contribution in [0.15, 0.2) is 90.0 Å². The number of hydrogen-bond acceptors (Lipinski definition) is 13. The van der Waals surface area contributed by atoms with E-state index in [9.17, 15) is 14.9 Å². The molecule has 0 spiro atoms. The van der Waals surface area contributed by atoms with Crippen LogP contribution in [0.3, 0.4) is 0 Å². The zero-order valence-corrected chi connectivity index (χ0v) is 41.5. The molecule has 1 aliphatic heterocycles. The minimum atomic E-state index is -1.71. The van der Waals surface area contributed by atoms with Crippen molar-refractivity contribution < 1.29 is 32.8 Å². The summed E-state index contributed by atoms with van der Waals surface area (Å²) in [6, 6.07) is 28.5. The summed E-state index contributed by atoms with van der Waals surface area (Å²) in [5.74, 6) is 0.796. The van der Waals surface area contributed by atoms with Crippen LogP contribution in [-0.4, -0.2) is 106 Å². The van der Waals surface area contributed by atoms with Gasteiger partial charge < -0.3 is 28.0 Å². The minimum absolute atomic E-state index is 0.0146. The smallest absolute Gasteiger partial charge is 0.280 e. The van der Waals surface area contributed by atoms with Crippen molar-refractivity contribution in [3.05, 3.63) is 112 Å². The summed E-state index contributed by atoms with van der Waals surface area (Å²) in [6.07, 6.45) is 6.41. The lowest BCUT2D eigenvalue weighted by Gasteiger charge is -2.50. The Morgan fingerprint density at radius 1 is 0.912 bits per heavy atom. The van der Waals surface area contributed by atoms with Crippen LogP contribution in [0.2, 0.25) is 0 Å². The minimum Gasteiger partial charge on any atom is -0.497 e. The average Bonchev–Trinajstić information content (AvgIpc) is 3.79. The first-order valence-corrected chi connectivity index (χ1v) is 24.8. The largest absolute Gasteiger partial charge is 0.497 e. The second-order valence-corrected chi connectivity index (χ2v) is 19.9. The van der Waals surface area contributed by atoms with Crippen molar-refractivity contribution in [3.8, 4) is 17.6 Å². The van der Waals surface area contributed by atoms with Gasteiger partial charge in [-0.3, -0.25) is 29.4 Å². The lowest BCUT2D eigenvalue weighted by atomic mass is 9.79. The van der Waals surface area contributed by atoms with Gasteiger partial charge in [0, 0.05) is 37.1 Å². The summed E-state index contributed by atoms with van der Waals surface area (Å²) >= 11 is 0. The second kappa shape index (κ2) is 22.9. The number of H-pyrrole nitrogens is 1. The average molecular weight is 951 g/mol. The fourth-order valence-electron chi connectivity index (χ4n) is 9.33. The molecule has 68 heavy (non-hydrogen) atoms. The van der Waals surface area contributed by atoms with Crippen molar-refractivity contribution >= 4 is 31.5 Å². The molecule has 2 N–H and O–H groups in total. The summed E-state index contributed by atoms with van der Waals surface area (Å²) in [6.45, 7) is 13.1. The highest BCUT2D eigenvalue weighted by atomic mass is 31.2. The van der Waals surface area contributed by atoms with E-state index in [2.05, 4.69) is 70.8 Å². The number of nitrogens with zero attached hydrogens (tertiary/aromatic N) is 6. The molecule has 3 heterocycles. The summed E-state index contributed by atoms with van der Waals surface area (Å²) < 4.78 is 44.1. The standard InChI is InChI=1S/C51H67N8O8P/c1-35(2)47(60)55-49-54-46-45(48(61)56-49)53-34-58(46)44-30-57(41-18-13-10-14-19-41)31-50(67-44,33-66-68(65-29-15-28-52)59(36(3)4)37(5)6)32-64-51(38-16-11-9-12-17-38,39-20-24-42(62-7)25-21-39)40-22-26-43(63-8)27-23-40/h9,11-12,16-17,20-27,34-37,41,44H,10,13-15,18-19,29-33H2,1-8H3,(H2,54,55,56,60,61)/t44-,50+,68?/m1/s1. The Morgan fingerprint density at radius 2 is 1.53 bits per heavy atom. The molecule has 16 nitrogen and oxygen atoms in total. The third kappa shape index (κ3) is 11.4. The molecule has 1 aliphatic carbocycles. The van der Waals surface area contributed by atoms with E-state index in [1.807, 2.05) is 66.7 Å². The van der Waals surface area contributed by atoms with Crippen LogP contribution in [0.5, 0.6) is 11.5 Å². The summed E-state index contributed by atoms with van der Waals surface area (Å²) in [5.41, 5.74) is 0.0902. The van der Waals surface area contributed by atoms with Gasteiger partial charge in [0.15, 0.2) is 11.2 Å². The molecule has 7 rings (SSSR count). The van der Waals surface area contributed by atoms with Gasteiger partial charge in [0.05, 0.1) is 52.9 Å². The highest BCUT2D eigenvalue weighted by Gasteiger charge is 2.49. The molecule has 1 saturated heterocycles. The molecule has 364 valence electrons. The number of ether oxygens (including phenoxy) is 4. The van der Waals surface area contributed by atoms with Gasteiger partial charge in [-0.25, -0.2) is 9.65 Å². The summed E-state index contributed by atoms with van der Waals surface area (Å²) in [7, 11) is 1.59. The number of hydrogen-bond donors (Lipinski definition) is 2. The van der Waals surface area contributed by atoms with E-state index in [1.54, 1.807) is 39.0 Å². The number of benzene rings is 3. The Labute approximate surface area is 401 Å². The van der Waals surface area contributed by atoms with Gasteiger partial charge in [-0.2, -0.15) is 10.2 Å². The first-order valence-electron chi connectivity index (χ1n) is 23.7. The van der Waals surface area contributed by atoms with Crippen molar-refractivity contribution in [3.63, 3.8) is 0 Å². The Morgan fingerprint density at radius 3 is 2.10 bits per heavy atom. The Bertz CT molecular complexity index is 2450. The monoisotopic (exact) mass is 950 g/mol. The number of imidazole rings is 1. The maximum atomic E-state index is 13.6. The van der Waals surface area contributed by atoms with Gasteiger partial charge >= 0.3 is 0 Å². The van der Waals surface area contributed by atoms with Gasteiger partial charge in [-0.15, -0.1) is 0 Å². The fourth-order valence-corrected chi connectivity index (χ4v) is 11.0. The van der Waals surface area contributed by atoms with Crippen molar-refractivity contribution in [1.82, 2.24) is 29.1 Å². The zero-order valence-electron chi connectivity index (χ0n) is 40.6. The summed E-state index contributed by atoms with van der Waals surface area (Å²) in [4.78, 5) is 40.9. The van der Waals surface area contributed by atoms with E-state index < -0.39 is 31.5 Å². The van der Waals surface area contributed by atoms with E-state index in [0.717, 1.165) is 42.4 Å². The Balaban J connectivity index is 1.41. The van der Waals surface area contributed by atoms with Crippen molar-refractivity contribution in [2.45, 2.75) is 116 Å². The van der Waals surface area contributed by atoms with Crippen molar-refractivity contribution in [1.29, 1.82) is 5.26 Å². The topological polar surface area (TPSA) is 178 Å². The number of carbonyl (C=O) groups excluding carboxylic acids is 1. The van der Waals surface area contributed by atoms with Crippen LogP contribution in [0.4, 0.5) is 5.95 Å². The molecule has 17 heteroatoms. The van der Waals surface area contributed by atoms with Crippen LogP contribution in [-0.2, 0) is 28.9 Å². The molecule has 5 aromatic rings. The van der Waals surface area contributed by atoms with Crippen LogP contribution >= 0.6 is 8.53 Å². The van der Waals surface area contributed by atoms with Crippen LogP contribution in [0, 0.1) is 17.2 Å². The number of fused-ring (bicyclic) bond motifs is 1. The number of methoxy groups -OCH3 is 2. The fraction of sp³-hybridized carbons (Fsp3) is 0.510. The molecule has 2 fully saturated rings. The Hall–Kier alpha value is -5.24. The molecule has 0 radical (unpaired) electrons. The SMILES string of the molecule is COc1ccc(C(OC[C@]2(COP(OCCC#N)N(C(C)C)C(C)C)CN(C3CCCCC3)C[C@H](n3cnc4c(=O)[nH]c(NC(=O)C(C)C)nc43)O2)(c2ccccc2)c2ccc(OC)cc2)cc1. The molecular formula is C51H67N8O8P. The van der Waals surface area contributed by atoms with Crippen LogP contribution < -0.4 is 20.3 Å². The maximum Gasteiger partial charge on any atom is 0.280 e. The lowest BCUT2D eigenvalue weighted by Crippen LogP contribution is -2.61. The maximum absolute atomic E-state index is 13.6. The van der Waals surface area contributed by atoms with Crippen molar-refractivity contribution in [2.75, 3.05) is 52.4 Å². The first-order chi connectivity index (χ1) is 32.8. The second-order valence-electron chi connectivity index (χ2n) is 18.5. The number of morpholine rings is 1. The van der Waals surface area contributed by atoms with Gasteiger partial charge in [0.1, 0.15) is 28.9 Å². The number of nitriles is 1. The van der Waals surface area contributed by atoms with Gasteiger partial charge in [-0.1, -0.05) is 87.7 Å². The molecule has 1 amide bonds. The molecule has 3 atom stereocenters. The molecular weight excluding hydrogens is 884 g/mol. The van der Waals surface area contributed by atoms with E-state index in [-0.39, 0.29) is 73.3 Å². The molecule has 0 bridgehead atoms. The number of aromatic nitrogens is 4. The molecule has 2 aliphatic rings. The van der Waals surface area contributed by atoms with Crippen LogP contribution in [0.25, 0.3) is 11.2 Å². The number of amides is 1. The van der Waals surface area contributed by atoms with E-state index in [0.29, 0.717) is 24.6 Å². The molecule has 2 aromatic heterocycles. The van der Waals surface area contributed by atoms with E-state index in [1.165, 1.54) is 6.42 Å². The number of aromatic amines is 1. The zero-order chi connectivity index (χ0) is 48.4. The number of carbonyl (C=O) groups is 1. The predicted molar refractivity (Wildman–Crippen MR) is 262 cm³/mol. The predicted octanol–water partition coefficient (Wildman–Crippen LogP) is 8.93. The highest BCUT2D eigenvalue weighted by molar-refractivity contribution is 7.44. The van der Waals surface area contributed by atoms with Crippen LogP contribution in [0.1, 0.15) is 103 Å². The van der Waals surface area contributed by atoms with Gasteiger partial charge in [-0.05, 0) is 81.5 Å². The molecule has 1 saturated carbocycles. The van der Waals surface area contributed by atoms with E-state index in [4.69, 9.17) is 33.0 Å². The van der Waals surface area contributed by atoms with E-state index >= 15 is 0 Å². The van der Waals surface area contributed by atoms with Crippen molar-refractivity contribution in [2.24, 2.45) is 5.92 Å². The summed E-state index contributed by atoms with van der Waals surface area (Å²) in [5, 5.41) is 12.3. The van der Waals surface area contributed by atoms with Gasteiger partial charge in [0.2, 0.25) is 11.9 Å². The molecule has 1 unspecified atom stereocenters. The highest BCUT2D eigenvalue weighted by Crippen LogP contribution is 2.49.